The molecule has 2 aromatic rings. The van der Waals surface area contributed by atoms with E-state index in [1.165, 1.54) is 16.3 Å². The minimum Gasteiger partial charge on any atom is -0.486 e. The van der Waals surface area contributed by atoms with E-state index < -0.39 is 10.0 Å². The van der Waals surface area contributed by atoms with Crippen LogP contribution in [0.2, 0.25) is 0 Å². The van der Waals surface area contributed by atoms with E-state index in [1.807, 2.05) is 11.0 Å². The Hall–Kier alpha value is -2.58. The summed E-state index contributed by atoms with van der Waals surface area (Å²) < 4.78 is 38.9. The molecule has 0 aromatic heterocycles. The van der Waals surface area contributed by atoms with Gasteiger partial charge in [-0.2, -0.15) is 4.31 Å². The number of hydrogen-bond acceptors (Lipinski definition) is 5. The van der Waals surface area contributed by atoms with Crippen LogP contribution in [0.5, 0.6) is 11.5 Å². The molecule has 8 heteroatoms. The molecule has 2 aromatic carbocycles. The number of nitrogens with zero attached hydrogens (tertiary/aromatic N) is 2. The third-order valence-corrected chi connectivity index (χ3v) is 9.46. The van der Waals surface area contributed by atoms with Crippen molar-refractivity contribution in [1.29, 1.82) is 0 Å². The fourth-order valence-electron chi connectivity index (χ4n) is 5.39. The highest BCUT2D eigenvalue weighted by molar-refractivity contribution is 7.89. The van der Waals surface area contributed by atoms with Gasteiger partial charge in [0, 0.05) is 38.2 Å². The number of amides is 1. The normalized spacial score (nSPS) is 20.1. The van der Waals surface area contributed by atoms with Crippen LogP contribution in [0.3, 0.4) is 0 Å². The highest BCUT2D eigenvalue weighted by Gasteiger charge is 2.35. The third kappa shape index (κ3) is 5.48. The Morgan fingerprint density at radius 3 is 2.26 bits per heavy atom. The van der Waals surface area contributed by atoms with Crippen LogP contribution >= 0.6 is 0 Å². The van der Waals surface area contributed by atoms with Gasteiger partial charge in [-0.3, -0.25) is 4.79 Å². The molecule has 0 spiro atoms. The standard InChI is InChI=1S/C27H34N2O5S/c30-27(28-14-10-22(11-15-28)7-6-21-4-2-1-3-5-21)23-12-16-29(17-13-23)35(31,32)24-8-9-25-26(20-24)34-19-18-33-25/h1-5,8-9,20,22-23H,6-7,10-19H2. The van der Waals surface area contributed by atoms with E-state index in [0.717, 1.165) is 32.4 Å². The van der Waals surface area contributed by atoms with E-state index in [4.69, 9.17) is 9.47 Å². The second-order valence-electron chi connectivity index (χ2n) is 9.78. The van der Waals surface area contributed by atoms with E-state index >= 15 is 0 Å². The Labute approximate surface area is 208 Å². The zero-order chi connectivity index (χ0) is 24.3. The van der Waals surface area contributed by atoms with Crippen LogP contribution in [0.15, 0.2) is 53.4 Å². The molecular weight excluding hydrogens is 464 g/mol. The Bertz CT molecular complexity index is 1120. The number of piperidine rings is 2. The molecule has 3 aliphatic heterocycles. The van der Waals surface area contributed by atoms with Gasteiger partial charge in [0.25, 0.3) is 0 Å². The van der Waals surface area contributed by atoms with E-state index in [1.54, 1.807) is 18.2 Å². The van der Waals surface area contributed by atoms with Gasteiger partial charge in [0.1, 0.15) is 13.2 Å². The molecule has 0 N–H and O–H groups in total. The molecule has 2 fully saturated rings. The molecule has 2 saturated heterocycles. The highest BCUT2D eigenvalue weighted by Crippen LogP contribution is 2.34. The SMILES string of the molecule is O=C(C1CCN(S(=O)(=O)c2ccc3c(c2)OCCO3)CC1)N1CCC(CCc2ccccc2)CC1. The lowest BCUT2D eigenvalue weighted by Crippen LogP contribution is -2.46. The van der Waals surface area contributed by atoms with Crippen molar-refractivity contribution < 1.29 is 22.7 Å². The van der Waals surface area contributed by atoms with Crippen molar-refractivity contribution in [2.75, 3.05) is 39.4 Å². The third-order valence-electron chi connectivity index (χ3n) is 7.56. The number of carbonyl (C=O) groups is 1. The van der Waals surface area contributed by atoms with Crippen LogP contribution in [0.4, 0.5) is 0 Å². The molecule has 5 rings (SSSR count). The highest BCUT2D eigenvalue weighted by atomic mass is 32.2. The summed E-state index contributed by atoms with van der Waals surface area (Å²) in [7, 11) is -3.63. The summed E-state index contributed by atoms with van der Waals surface area (Å²) in [6.45, 7) is 3.23. The number of aryl methyl sites for hydroxylation is 1. The summed E-state index contributed by atoms with van der Waals surface area (Å²) in [5.74, 6) is 1.81. The second-order valence-corrected chi connectivity index (χ2v) is 11.7. The van der Waals surface area contributed by atoms with Crippen molar-refractivity contribution in [3.8, 4) is 11.5 Å². The number of carbonyl (C=O) groups excluding carboxylic acids is 1. The fourth-order valence-corrected chi connectivity index (χ4v) is 6.88. The molecule has 0 unspecified atom stereocenters. The van der Waals surface area contributed by atoms with Gasteiger partial charge >= 0.3 is 0 Å². The lowest BCUT2D eigenvalue weighted by atomic mass is 9.89. The van der Waals surface area contributed by atoms with Gasteiger partial charge in [0.2, 0.25) is 15.9 Å². The monoisotopic (exact) mass is 498 g/mol. The van der Waals surface area contributed by atoms with Crippen LogP contribution in [-0.2, 0) is 21.2 Å². The van der Waals surface area contributed by atoms with Gasteiger partial charge in [0.05, 0.1) is 4.90 Å². The summed E-state index contributed by atoms with van der Waals surface area (Å²) in [5.41, 5.74) is 1.38. The number of rotatable bonds is 6. The molecule has 1 amide bonds. The first-order valence-corrected chi connectivity index (χ1v) is 14.2. The average molecular weight is 499 g/mol. The van der Waals surface area contributed by atoms with Gasteiger partial charge in [-0.1, -0.05) is 30.3 Å². The zero-order valence-electron chi connectivity index (χ0n) is 20.1. The maximum atomic E-state index is 13.2. The number of sulfonamides is 1. The van der Waals surface area contributed by atoms with Gasteiger partial charge in [-0.05, 0) is 62.1 Å². The molecule has 0 aliphatic carbocycles. The van der Waals surface area contributed by atoms with Crippen molar-refractivity contribution in [1.82, 2.24) is 9.21 Å². The van der Waals surface area contributed by atoms with E-state index in [0.29, 0.717) is 56.6 Å². The summed E-state index contributed by atoms with van der Waals surface area (Å²) >= 11 is 0. The van der Waals surface area contributed by atoms with E-state index in [-0.39, 0.29) is 16.7 Å². The predicted octanol–water partition coefficient (Wildman–Crippen LogP) is 3.73. The van der Waals surface area contributed by atoms with Crippen LogP contribution < -0.4 is 9.47 Å². The maximum absolute atomic E-state index is 13.2. The van der Waals surface area contributed by atoms with Crippen LogP contribution in [0.1, 0.15) is 37.7 Å². The van der Waals surface area contributed by atoms with Crippen molar-refractivity contribution in [3.05, 3.63) is 54.1 Å². The maximum Gasteiger partial charge on any atom is 0.243 e. The number of benzene rings is 2. The molecule has 0 bridgehead atoms. The molecule has 0 atom stereocenters. The van der Waals surface area contributed by atoms with Crippen LogP contribution in [0.25, 0.3) is 0 Å². The zero-order valence-corrected chi connectivity index (χ0v) is 20.9. The van der Waals surface area contributed by atoms with Crippen molar-refractivity contribution in [2.45, 2.75) is 43.4 Å². The first-order valence-electron chi connectivity index (χ1n) is 12.7. The number of ether oxygens (including phenoxy) is 2. The lowest BCUT2D eigenvalue weighted by molar-refractivity contribution is -0.138. The molecule has 0 saturated carbocycles. The van der Waals surface area contributed by atoms with Crippen molar-refractivity contribution >= 4 is 15.9 Å². The minimum atomic E-state index is -3.63. The average Bonchev–Trinajstić information content (AvgIpc) is 2.92. The number of hydrogen-bond donors (Lipinski definition) is 0. The Kier molecular flexibility index (Phi) is 7.29. The Balaban J connectivity index is 1.10. The molecule has 3 aliphatic rings. The Morgan fingerprint density at radius 2 is 1.54 bits per heavy atom. The van der Waals surface area contributed by atoms with Gasteiger partial charge < -0.3 is 14.4 Å². The Morgan fingerprint density at radius 1 is 0.857 bits per heavy atom. The minimum absolute atomic E-state index is 0.0948. The quantitative estimate of drug-likeness (QED) is 0.607. The lowest BCUT2D eigenvalue weighted by Gasteiger charge is -2.37. The predicted molar refractivity (Wildman–Crippen MR) is 133 cm³/mol. The fraction of sp³-hybridized carbons (Fsp3) is 0.519. The molecular formula is C27H34N2O5S. The van der Waals surface area contributed by atoms with Gasteiger partial charge in [-0.15, -0.1) is 0 Å². The van der Waals surface area contributed by atoms with E-state index in [9.17, 15) is 13.2 Å². The smallest absolute Gasteiger partial charge is 0.243 e. The number of likely N-dealkylation sites (tertiary alicyclic amines) is 1. The van der Waals surface area contributed by atoms with Gasteiger partial charge in [-0.25, -0.2) is 8.42 Å². The molecule has 3 heterocycles. The first kappa shape index (κ1) is 24.1. The molecule has 7 nitrogen and oxygen atoms in total. The van der Waals surface area contributed by atoms with Crippen LogP contribution in [-0.4, -0.2) is 62.9 Å². The molecule has 35 heavy (non-hydrogen) atoms. The van der Waals surface area contributed by atoms with Crippen LogP contribution in [0, 0.1) is 11.8 Å². The summed E-state index contributed by atoms with van der Waals surface area (Å²) in [4.78, 5) is 15.4. The summed E-state index contributed by atoms with van der Waals surface area (Å²) in [6, 6.07) is 15.4. The van der Waals surface area contributed by atoms with Crippen molar-refractivity contribution in [2.24, 2.45) is 11.8 Å². The number of fused-ring (bicyclic) bond motifs is 1. The molecule has 188 valence electrons. The first-order chi connectivity index (χ1) is 17.0. The summed E-state index contributed by atoms with van der Waals surface area (Å²) in [5, 5.41) is 0. The largest absolute Gasteiger partial charge is 0.486 e. The van der Waals surface area contributed by atoms with Gasteiger partial charge in [0.15, 0.2) is 11.5 Å². The molecule has 0 radical (unpaired) electrons. The second kappa shape index (κ2) is 10.6. The van der Waals surface area contributed by atoms with Crippen molar-refractivity contribution in [3.63, 3.8) is 0 Å². The topological polar surface area (TPSA) is 76.2 Å². The van der Waals surface area contributed by atoms with E-state index in [2.05, 4.69) is 24.3 Å². The summed E-state index contributed by atoms with van der Waals surface area (Å²) in [6.07, 6.45) is 5.50.